The van der Waals surface area contributed by atoms with Gasteiger partial charge in [-0.1, -0.05) is 37.6 Å². The van der Waals surface area contributed by atoms with Crippen LogP contribution in [-0.4, -0.2) is 48.8 Å². The van der Waals surface area contributed by atoms with Crippen LogP contribution in [0.25, 0.3) is 22.3 Å². The number of esters is 1. The molecule has 4 aromatic rings. The van der Waals surface area contributed by atoms with Gasteiger partial charge in [0.2, 0.25) is 0 Å². The monoisotopic (exact) mass is 669 g/mol. The summed E-state index contributed by atoms with van der Waals surface area (Å²) < 4.78 is 23.7. The van der Waals surface area contributed by atoms with E-state index >= 15 is 0 Å². The number of hydrogen-bond donors (Lipinski definition) is 0. The van der Waals surface area contributed by atoms with Crippen molar-refractivity contribution in [2.45, 2.75) is 46.6 Å². The number of halogens is 2. The molecule has 0 unspecified atom stereocenters. The zero-order valence-corrected chi connectivity index (χ0v) is 27.4. The molecule has 43 heavy (non-hydrogen) atoms. The first-order chi connectivity index (χ1) is 20.5. The minimum Gasteiger partial charge on any atom is -0.496 e. The van der Waals surface area contributed by atoms with Gasteiger partial charge in [-0.2, -0.15) is 9.78 Å². The van der Waals surface area contributed by atoms with Gasteiger partial charge in [0.25, 0.3) is 5.56 Å². The molecule has 0 saturated carbocycles. The fourth-order valence-electron chi connectivity index (χ4n) is 4.54. The summed E-state index contributed by atoms with van der Waals surface area (Å²) in [4.78, 5) is 30.8. The van der Waals surface area contributed by atoms with Gasteiger partial charge in [0, 0.05) is 15.6 Å². The van der Waals surface area contributed by atoms with E-state index in [2.05, 4.69) is 34.9 Å². The SMILES string of the molecule is CCOC(=O)[C@H](C)Oc1c(OC)cc(C=Nn2c(-c3cc(C(C)C)c(OC)cc3C)nc3ccccc3c2=O)c(Br)c1Cl. The van der Waals surface area contributed by atoms with Crippen molar-refractivity contribution in [3.63, 3.8) is 0 Å². The molecule has 0 radical (unpaired) electrons. The molecular formula is C32H33BrClN3O6. The molecule has 9 nitrogen and oxygen atoms in total. The Bertz CT molecular complexity index is 1770. The van der Waals surface area contributed by atoms with Gasteiger partial charge in [0.15, 0.2) is 23.4 Å². The van der Waals surface area contributed by atoms with Gasteiger partial charge in [-0.3, -0.25) is 4.79 Å². The lowest BCUT2D eigenvalue weighted by Gasteiger charge is -2.19. The molecule has 0 saturated heterocycles. The Morgan fingerprint density at radius 1 is 1.12 bits per heavy atom. The maximum absolute atomic E-state index is 13.8. The molecule has 3 aromatic carbocycles. The van der Waals surface area contributed by atoms with E-state index in [1.54, 1.807) is 45.2 Å². The average molecular weight is 671 g/mol. The number of hydrogen-bond acceptors (Lipinski definition) is 8. The number of carbonyl (C=O) groups is 1. The van der Waals surface area contributed by atoms with Crippen LogP contribution in [0.3, 0.4) is 0 Å². The summed E-state index contributed by atoms with van der Waals surface area (Å²) in [5, 5.41) is 5.19. The third-order valence-electron chi connectivity index (χ3n) is 6.79. The third-order valence-corrected chi connectivity index (χ3v) is 8.24. The Labute approximate surface area is 263 Å². The molecule has 0 N–H and O–H groups in total. The summed E-state index contributed by atoms with van der Waals surface area (Å²) in [6.07, 6.45) is 0.562. The first-order valence-electron chi connectivity index (χ1n) is 13.7. The lowest BCUT2D eigenvalue weighted by molar-refractivity contribution is -0.150. The molecule has 226 valence electrons. The number of fused-ring (bicyclic) bond motifs is 1. The summed E-state index contributed by atoms with van der Waals surface area (Å²) in [5.41, 5.74) is 3.31. The molecule has 11 heteroatoms. The number of benzene rings is 3. The number of ether oxygens (including phenoxy) is 4. The number of aromatic nitrogens is 2. The zero-order chi connectivity index (χ0) is 31.4. The van der Waals surface area contributed by atoms with E-state index in [0.717, 1.165) is 22.4 Å². The van der Waals surface area contributed by atoms with E-state index in [4.69, 9.17) is 35.5 Å². The second kappa shape index (κ2) is 13.6. The van der Waals surface area contributed by atoms with Gasteiger partial charge >= 0.3 is 5.97 Å². The molecule has 1 atom stereocenters. The number of nitrogens with zero attached hydrogens (tertiary/aromatic N) is 3. The third kappa shape index (κ3) is 6.55. The van der Waals surface area contributed by atoms with Crippen LogP contribution in [-0.2, 0) is 9.53 Å². The molecular weight excluding hydrogens is 638 g/mol. The minimum atomic E-state index is -0.925. The normalized spacial score (nSPS) is 12.1. The highest BCUT2D eigenvalue weighted by atomic mass is 79.9. The highest BCUT2D eigenvalue weighted by molar-refractivity contribution is 9.10. The van der Waals surface area contributed by atoms with Crippen molar-refractivity contribution in [3.8, 4) is 28.6 Å². The fourth-order valence-corrected chi connectivity index (χ4v) is 5.18. The Kier molecular flexibility index (Phi) is 10.1. The lowest BCUT2D eigenvalue weighted by atomic mass is 9.96. The van der Waals surface area contributed by atoms with Gasteiger partial charge < -0.3 is 18.9 Å². The van der Waals surface area contributed by atoms with Crippen LogP contribution in [0.5, 0.6) is 17.2 Å². The first kappa shape index (κ1) is 32.0. The Balaban J connectivity index is 1.89. The summed E-state index contributed by atoms with van der Waals surface area (Å²) in [6, 6.07) is 12.7. The van der Waals surface area contributed by atoms with Crippen LogP contribution in [0.2, 0.25) is 5.02 Å². The first-order valence-corrected chi connectivity index (χ1v) is 14.8. The standard InChI is InChI=1S/C32H33BrClN3O6/c1-8-42-32(39)19(5)43-29-26(41-7)14-20(27(33)28(29)34)16-35-37-30(36-24-12-10-9-11-21(24)31(37)38)23-15-22(17(2)3)25(40-6)13-18(23)4/h9-17,19H,8H2,1-7H3/t19-/m0/s1. The van der Waals surface area contributed by atoms with Crippen molar-refractivity contribution in [2.75, 3.05) is 20.8 Å². The van der Waals surface area contributed by atoms with Gasteiger partial charge in [-0.15, -0.1) is 0 Å². The van der Waals surface area contributed by atoms with Crippen LogP contribution in [0.15, 0.2) is 56.8 Å². The van der Waals surface area contributed by atoms with E-state index < -0.39 is 12.1 Å². The van der Waals surface area contributed by atoms with Crippen molar-refractivity contribution < 1.29 is 23.7 Å². The predicted molar refractivity (Wildman–Crippen MR) is 172 cm³/mol. The van der Waals surface area contributed by atoms with Gasteiger partial charge in [-0.25, -0.2) is 9.78 Å². The van der Waals surface area contributed by atoms with Crippen molar-refractivity contribution in [1.29, 1.82) is 0 Å². The van der Waals surface area contributed by atoms with Crippen LogP contribution >= 0.6 is 27.5 Å². The van der Waals surface area contributed by atoms with Crippen molar-refractivity contribution >= 4 is 50.6 Å². The topological polar surface area (TPSA) is 101 Å². The Hall–Kier alpha value is -3.89. The van der Waals surface area contributed by atoms with Crippen molar-refractivity contribution in [2.24, 2.45) is 5.10 Å². The predicted octanol–water partition coefficient (Wildman–Crippen LogP) is 7.14. The molecule has 0 fully saturated rings. The van der Waals surface area contributed by atoms with Gasteiger partial charge in [-0.05, 0) is 84.1 Å². The maximum atomic E-state index is 13.8. The number of methoxy groups -OCH3 is 2. The van der Waals surface area contributed by atoms with E-state index in [1.807, 2.05) is 25.1 Å². The Morgan fingerprint density at radius 2 is 1.81 bits per heavy atom. The van der Waals surface area contributed by atoms with Crippen molar-refractivity contribution in [3.05, 3.63) is 79.0 Å². The lowest BCUT2D eigenvalue weighted by Crippen LogP contribution is -2.26. The van der Waals surface area contributed by atoms with Crippen molar-refractivity contribution in [1.82, 2.24) is 9.66 Å². The van der Waals surface area contributed by atoms with E-state index in [9.17, 15) is 9.59 Å². The molecule has 0 bridgehead atoms. The van der Waals surface area contributed by atoms with E-state index in [-0.39, 0.29) is 34.6 Å². The van der Waals surface area contributed by atoms with Crippen LogP contribution in [0.4, 0.5) is 0 Å². The molecule has 0 spiro atoms. The number of carbonyl (C=O) groups excluding carboxylic acids is 1. The molecule has 0 aliphatic carbocycles. The summed E-state index contributed by atoms with van der Waals surface area (Å²) >= 11 is 10.2. The number of aryl methyl sites for hydroxylation is 1. The maximum Gasteiger partial charge on any atom is 0.347 e. The highest BCUT2D eigenvalue weighted by Gasteiger charge is 2.24. The van der Waals surface area contributed by atoms with E-state index in [1.165, 1.54) is 18.0 Å². The second-order valence-corrected chi connectivity index (χ2v) is 11.2. The molecule has 0 amide bonds. The van der Waals surface area contributed by atoms with E-state index in [0.29, 0.717) is 26.8 Å². The summed E-state index contributed by atoms with van der Waals surface area (Å²) in [6.45, 7) is 9.58. The average Bonchev–Trinajstić information content (AvgIpc) is 2.99. The van der Waals surface area contributed by atoms with Gasteiger partial charge in [0.05, 0.1) is 37.9 Å². The Morgan fingerprint density at radius 3 is 2.47 bits per heavy atom. The van der Waals surface area contributed by atoms with Crippen LogP contribution in [0.1, 0.15) is 50.3 Å². The minimum absolute atomic E-state index is 0.161. The number of para-hydroxylation sites is 1. The molecule has 1 aromatic heterocycles. The molecule has 4 rings (SSSR count). The quantitative estimate of drug-likeness (QED) is 0.131. The van der Waals surface area contributed by atoms with Gasteiger partial charge in [0.1, 0.15) is 10.8 Å². The second-order valence-electron chi connectivity index (χ2n) is 10.0. The fraction of sp³-hybridized carbons (Fsp3) is 0.312. The highest BCUT2D eigenvalue weighted by Crippen LogP contribution is 2.43. The molecule has 0 aliphatic heterocycles. The smallest absolute Gasteiger partial charge is 0.347 e. The zero-order valence-electron chi connectivity index (χ0n) is 25.0. The largest absolute Gasteiger partial charge is 0.496 e. The summed E-state index contributed by atoms with van der Waals surface area (Å²) in [5.74, 6) is 1.19. The van der Waals surface area contributed by atoms with Crippen LogP contribution < -0.4 is 19.8 Å². The summed E-state index contributed by atoms with van der Waals surface area (Å²) in [7, 11) is 3.09. The van der Waals surface area contributed by atoms with Crippen LogP contribution in [0, 0.1) is 6.92 Å². The molecule has 1 heterocycles. The molecule has 0 aliphatic rings. The number of rotatable bonds is 10.